The number of hydrogen-bond acceptors (Lipinski definition) is 8. The highest BCUT2D eigenvalue weighted by Gasteiger charge is 2.19. The Labute approximate surface area is 187 Å². The van der Waals surface area contributed by atoms with Gasteiger partial charge in [0, 0.05) is 11.6 Å². The minimum Gasteiger partial charge on any atom is -0.455 e. The number of hydrogen-bond donors (Lipinski definition) is 1. The van der Waals surface area contributed by atoms with Crippen molar-refractivity contribution < 1.29 is 14.1 Å². The fourth-order valence-electron chi connectivity index (χ4n) is 3.06. The van der Waals surface area contributed by atoms with Crippen LogP contribution in [-0.4, -0.2) is 37.3 Å². The molecule has 0 atom stereocenters. The quantitative estimate of drug-likeness (QED) is 0.261. The van der Waals surface area contributed by atoms with Crippen molar-refractivity contribution in [2.24, 2.45) is 5.10 Å². The highest BCUT2D eigenvalue weighted by atomic mass is 16.6. The van der Waals surface area contributed by atoms with Crippen LogP contribution < -0.4 is 5.43 Å². The van der Waals surface area contributed by atoms with Gasteiger partial charge in [0.2, 0.25) is 5.82 Å². The van der Waals surface area contributed by atoms with Gasteiger partial charge in [-0.25, -0.2) is 5.43 Å². The van der Waals surface area contributed by atoms with Gasteiger partial charge in [0.1, 0.15) is 18.1 Å². The van der Waals surface area contributed by atoms with Crippen molar-refractivity contribution in [3.05, 3.63) is 81.6 Å². The molecule has 0 saturated carbocycles. The van der Waals surface area contributed by atoms with Crippen molar-refractivity contribution in [1.82, 2.24) is 25.6 Å². The van der Waals surface area contributed by atoms with E-state index in [1.807, 2.05) is 44.2 Å². The standard InChI is InChI=1S/C22H19N7O4/c1-14-10-18(19(29(31)32)11-15(14)2)20-9-8-17(33-20)12-23-24-21(30)13-28-26-22(25-27-28)16-6-4-3-5-7-16/h3-12H,13H2,1-2H3,(H,24,30)/b23-12+. The lowest BCUT2D eigenvalue weighted by molar-refractivity contribution is -0.384. The zero-order valence-corrected chi connectivity index (χ0v) is 17.8. The number of carbonyl (C=O) groups is 1. The molecule has 4 aromatic rings. The molecule has 11 nitrogen and oxygen atoms in total. The Bertz CT molecular complexity index is 1340. The first-order valence-electron chi connectivity index (χ1n) is 9.91. The minimum atomic E-state index is -0.458. The van der Waals surface area contributed by atoms with Crippen LogP contribution in [0.25, 0.3) is 22.7 Å². The van der Waals surface area contributed by atoms with Crippen LogP contribution in [0.1, 0.15) is 16.9 Å². The third kappa shape index (κ3) is 4.98. The van der Waals surface area contributed by atoms with E-state index < -0.39 is 10.8 Å². The lowest BCUT2D eigenvalue weighted by Crippen LogP contribution is -2.24. The molecular weight excluding hydrogens is 426 g/mol. The topological polar surface area (TPSA) is 141 Å². The molecule has 2 heterocycles. The Morgan fingerprint density at radius 2 is 1.94 bits per heavy atom. The van der Waals surface area contributed by atoms with Crippen LogP contribution >= 0.6 is 0 Å². The lowest BCUT2D eigenvalue weighted by atomic mass is 10.0. The normalized spacial score (nSPS) is 11.1. The smallest absolute Gasteiger partial charge is 0.280 e. The molecule has 0 fully saturated rings. The van der Waals surface area contributed by atoms with Crippen LogP contribution in [0.2, 0.25) is 0 Å². The van der Waals surface area contributed by atoms with Crippen molar-refractivity contribution in [3.8, 4) is 22.7 Å². The first kappa shape index (κ1) is 21.6. The van der Waals surface area contributed by atoms with Gasteiger partial charge in [-0.3, -0.25) is 14.9 Å². The van der Waals surface area contributed by atoms with Crippen molar-refractivity contribution >= 4 is 17.8 Å². The third-order valence-corrected chi connectivity index (χ3v) is 4.85. The number of rotatable bonds is 7. The van der Waals surface area contributed by atoms with E-state index in [1.54, 1.807) is 18.2 Å². The Hall–Kier alpha value is -4.67. The maximum atomic E-state index is 12.1. The van der Waals surface area contributed by atoms with Crippen LogP contribution in [0.5, 0.6) is 0 Å². The summed E-state index contributed by atoms with van der Waals surface area (Å²) in [4.78, 5) is 24.2. The number of nitrogens with one attached hydrogen (secondary N) is 1. The Morgan fingerprint density at radius 1 is 1.18 bits per heavy atom. The lowest BCUT2D eigenvalue weighted by Gasteiger charge is -2.04. The molecule has 1 N–H and O–H groups in total. The van der Waals surface area contributed by atoms with Crippen molar-refractivity contribution in [2.45, 2.75) is 20.4 Å². The molecule has 4 rings (SSSR count). The monoisotopic (exact) mass is 445 g/mol. The summed E-state index contributed by atoms with van der Waals surface area (Å²) in [6, 6.07) is 15.7. The molecule has 0 radical (unpaired) electrons. The van der Waals surface area contributed by atoms with Crippen molar-refractivity contribution in [2.75, 3.05) is 0 Å². The molecule has 2 aromatic heterocycles. The van der Waals surface area contributed by atoms with E-state index in [0.29, 0.717) is 22.9 Å². The number of tetrazole rings is 1. The summed E-state index contributed by atoms with van der Waals surface area (Å²) in [6.45, 7) is 3.51. The van der Waals surface area contributed by atoms with Gasteiger partial charge in [0.05, 0.1) is 16.7 Å². The molecule has 0 aliphatic rings. The second kappa shape index (κ2) is 9.22. The molecule has 1 amide bonds. The Morgan fingerprint density at radius 3 is 2.70 bits per heavy atom. The fourth-order valence-corrected chi connectivity index (χ4v) is 3.06. The molecule has 11 heteroatoms. The van der Waals surface area contributed by atoms with E-state index in [2.05, 4.69) is 25.9 Å². The molecule has 0 bridgehead atoms. The zero-order chi connectivity index (χ0) is 23.4. The number of nitro groups is 1. The van der Waals surface area contributed by atoms with E-state index in [4.69, 9.17) is 4.42 Å². The molecule has 0 aliphatic heterocycles. The summed E-state index contributed by atoms with van der Waals surface area (Å²) in [7, 11) is 0. The number of carbonyl (C=O) groups excluding carboxylic acids is 1. The minimum absolute atomic E-state index is 0.0422. The molecular formula is C22H19N7O4. The second-order valence-corrected chi connectivity index (χ2v) is 7.22. The van der Waals surface area contributed by atoms with E-state index in [0.717, 1.165) is 21.5 Å². The third-order valence-electron chi connectivity index (χ3n) is 4.85. The van der Waals surface area contributed by atoms with Gasteiger partial charge >= 0.3 is 0 Å². The number of benzene rings is 2. The average molecular weight is 445 g/mol. The summed E-state index contributed by atoms with van der Waals surface area (Å²) in [5, 5.41) is 27.2. The number of aromatic nitrogens is 4. The van der Waals surface area contributed by atoms with Gasteiger partial charge in [-0.05, 0) is 48.4 Å². The van der Waals surface area contributed by atoms with Crippen LogP contribution in [0.15, 0.2) is 64.1 Å². The van der Waals surface area contributed by atoms with Gasteiger partial charge in [0.15, 0.2) is 0 Å². The van der Waals surface area contributed by atoms with Gasteiger partial charge in [-0.15, -0.1) is 10.2 Å². The van der Waals surface area contributed by atoms with Crippen LogP contribution in [0.3, 0.4) is 0 Å². The van der Waals surface area contributed by atoms with Crippen LogP contribution in [-0.2, 0) is 11.3 Å². The Kier molecular flexibility index (Phi) is 6.02. The molecule has 2 aromatic carbocycles. The summed E-state index contributed by atoms with van der Waals surface area (Å²) >= 11 is 0. The predicted molar refractivity (Wildman–Crippen MR) is 119 cm³/mol. The summed E-state index contributed by atoms with van der Waals surface area (Å²) < 4.78 is 5.66. The van der Waals surface area contributed by atoms with Gasteiger partial charge < -0.3 is 4.42 Å². The number of amides is 1. The summed E-state index contributed by atoms with van der Waals surface area (Å²) in [5.74, 6) is 0.608. The SMILES string of the molecule is Cc1cc(-c2ccc(/C=N/NC(=O)Cn3nnc(-c4ccccc4)n3)o2)c([N+](=O)[O-])cc1C. The first-order valence-corrected chi connectivity index (χ1v) is 9.91. The fraction of sp³-hybridized carbons (Fsp3) is 0.136. The highest BCUT2D eigenvalue weighted by Crippen LogP contribution is 2.33. The highest BCUT2D eigenvalue weighted by molar-refractivity contribution is 5.81. The predicted octanol–water partition coefficient (Wildman–Crippen LogP) is 3.28. The Balaban J connectivity index is 1.39. The molecule has 0 saturated heterocycles. The van der Waals surface area contributed by atoms with Gasteiger partial charge in [-0.2, -0.15) is 9.90 Å². The summed E-state index contributed by atoms with van der Waals surface area (Å²) in [5.41, 5.74) is 5.21. The van der Waals surface area contributed by atoms with Crippen molar-refractivity contribution in [3.63, 3.8) is 0 Å². The molecule has 0 unspecified atom stereocenters. The molecule has 0 spiro atoms. The summed E-state index contributed by atoms with van der Waals surface area (Å²) in [6.07, 6.45) is 1.30. The number of furan rings is 1. The average Bonchev–Trinajstić information content (AvgIpc) is 3.46. The van der Waals surface area contributed by atoms with Crippen molar-refractivity contribution in [1.29, 1.82) is 0 Å². The van der Waals surface area contributed by atoms with E-state index in [9.17, 15) is 14.9 Å². The number of aryl methyl sites for hydroxylation is 2. The maximum Gasteiger partial charge on any atom is 0.280 e. The van der Waals surface area contributed by atoms with Gasteiger partial charge in [-0.1, -0.05) is 30.3 Å². The van der Waals surface area contributed by atoms with E-state index >= 15 is 0 Å². The molecule has 33 heavy (non-hydrogen) atoms. The zero-order valence-electron chi connectivity index (χ0n) is 17.8. The first-order chi connectivity index (χ1) is 15.9. The van der Waals surface area contributed by atoms with E-state index in [1.165, 1.54) is 12.3 Å². The maximum absolute atomic E-state index is 12.1. The number of nitrogens with zero attached hydrogens (tertiary/aromatic N) is 6. The molecule has 166 valence electrons. The molecule has 0 aliphatic carbocycles. The second-order valence-electron chi connectivity index (χ2n) is 7.22. The van der Waals surface area contributed by atoms with Crippen LogP contribution in [0.4, 0.5) is 5.69 Å². The van der Waals surface area contributed by atoms with Crippen LogP contribution in [0, 0.1) is 24.0 Å². The van der Waals surface area contributed by atoms with E-state index in [-0.39, 0.29) is 12.2 Å². The number of nitro benzene ring substituents is 1. The number of hydrazone groups is 1. The largest absolute Gasteiger partial charge is 0.455 e. The van der Waals surface area contributed by atoms with Gasteiger partial charge in [0.25, 0.3) is 11.6 Å².